The number of benzene rings is 2. The molecule has 2 N–H and O–H groups in total. The first-order valence-electron chi connectivity index (χ1n) is 10.5. The Balaban J connectivity index is 1.74. The van der Waals surface area contributed by atoms with Crippen LogP contribution in [0.2, 0.25) is 10.0 Å². The summed E-state index contributed by atoms with van der Waals surface area (Å²) in [4.78, 5) is 24.2. The van der Waals surface area contributed by atoms with Crippen LogP contribution >= 0.6 is 35.0 Å². The van der Waals surface area contributed by atoms with Crippen LogP contribution in [0.15, 0.2) is 41.3 Å². The smallest absolute Gasteiger partial charge is 0.407 e. The summed E-state index contributed by atoms with van der Waals surface area (Å²) in [5.41, 5.74) is 1.10. The molecule has 0 saturated heterocycles. The van der Waals surface area contributed by atoms with Crippen LogP contribution in [0, 0.1) is 6.92 Å². The fourth-order valence-electron chi connectivity index (χ4n) is 4.20. The summed E-state index contributed by atoms with van der Waals surface area (Å²) >= 11 is 12.2. The van der Waals surface area contributed by atoms with Crippen LogP contribution in [0.1, 0.15) is 52.7 Å². The van der Waals surface area contributed by atoms with E-state index in [2.05, 4.69) is 5.32 Å². The number of alkyl halides is 3. The van der Waals surface area contributed by atoms with Gasteiger partial charge in [0.05, 0.1) is 4.91 Å². The second-order valence-electron chi connectivity index (χ2n) is 8.51. The van der Waals surface area contributed by atoms with Crippen LogP contribution < -0.4 is 5.32 Å². The molecule has 1 aliphatic carbocycles. The number of carboxylic acids is 1. The van der Waals surface area contributed by atoms with E-state index in [1.54, 1.807) is 13.0 Å². The molecule has 0 spiro atoms. The maximum absolute atomic E-state index is 14.5. The van der Waals surface area contributed by atoms with Crippen molar-refractivity contribution in [2.24, 2.45) is 0 Å². The summed E-state index contributed by atoms with van der Waals surface area (Å²) in [5, 5.41) is 12.8. The molecular weight excluding hydrogens is 510 g/mol. The first-order valence-corrected chi connectivity index (χ1v) is 12.1. The molecule has 1 unspecified atom stereocenters. The normalized spacial score (nSPS) is 20.9. The van der Waals surface area contributed by atoms with Crippen molar-refractivity contribution in [2.75, 3.05) is 0 Å². The van der Waals surface area contributed by atoms with E-state index in [1.165, 1.54) is 18.2 Å². The number of aryl methyl sites for hydroxylation is 1. The summed E-state index contributed by atoms with van der Waals surface area (Å²) in [5.74, 6) is -1.70. The molecule has 2 aromatic carbocycles. The third-order valence-corrected chi connectivity index (χ3v) is 8.24. The van der Waals surface area contributed by atoms with E-state index in [0.717, 1.165) is 31.4 Å². The molecule has 4 rings (SSSR count). The van der Waals surface area contributed by atoms with Gasteiger partial charge in [0.2, 0.25) is 0 Å². The number of amides is 1. The van der Waals surface area contributed by atoms with Gasteiger partial charge in [-0.25, -0.2) is 4.79 Å². The average Bonchev–Trinajstić information content (AvgIpc) is 3.12. The highest BCUT2D eigenvalue weighted by atomic mass is 35.5. The number of carbonyl (C=O) groups is 2. The standard InChI is InChI=1S/C24H20Cl2F3NO3S/c1-12-7-13(5-6-18(12)21(31)30-17-3-2-4-17)19-11-23(24(27,28)29,34-20(19)22(32)33)14-8-15(25)10-16(26)9-14/h5-10,17H,2-4,11H2,1H3,(H,30,31)(H,32,33). The minimum atomic E-state index is -4.80. The molecule has 1 heterocycles. The number of carbonyl (C=O) groups excluding carboxylic acids is 1. The van der Waals surface area contributed by atoms with Crippen molar-refractivity contribution in [2.45, 2.75) is 49.6 Å². The van der Waals surface area contributed by atoms with E-state index in [9.17, 15) is 27.9 Å². The molecule has 4 nitrogen and oxygen atoms in total. The van der Waals surface area contributed by atoms with Gasteiger partial charge in [-0.15, -0.1) is 0 Å². The highest BCUT2D eigenvalue weighted by Crippen LogP contribution is 2.63. The van der Waals surface area contributed by atoms with Crippen LogP contribution in [-0.4, -0.2) is 29.2 Å². The van der Waals surface area contributed by atoms with Crippen molar-refractivity contribution in [3.8, 4) is 0 Å². The SMILES string of the molecule is Cc1cc(C2=C(C(=O)O)SC(c3cc(Cl)cc(Cl)c3)(C(F)(F)F)C2)ccc1C(=O)NC1CCC1. The number of allylic oxidation sites excluding steroid dienone is 1. The quantitative estimate of drug-likeness (QED) is 0.438. The van der Waals surface area contributed by atoms with Crippen LogP contribution in [0.25, 0.3) is 5.57 Å². The van der Waals surface area contributed by atoms with Crippen molar-refractivity contribution in [1.82, 2.24) is 5.32 Å². The molecule has 0 radical (unpaired) electrons. The molecule has 1 fully saturated rings. The molecular formula is C24H20Cl2F3NO3S. The van der Waals surface area contributed by atoms with Crippen LogP contribution in [0.5, 0.6) is 0 Å². The van der Waals surface area contributed by atoms with Crippen LogP contribution in [0.4, 0.5) is 13.2 Å². The Bertz CT molecular complexity index is 1190. The van der Waals surface area contributed by atoms with E-state index >= 15 is 0 Å². The van der Waals surface area contributed by atoms with Crippen LogP contribution in [-0.2, 0) is 9.54 Å². The average molecular weight is 530 g/mol. The van der Waals surface area contributed by atoms with Crippen molar-refractivity contribution < 1.29 is 27.9 Å². The van der Waals surface area contributed by atoms with Gasteiger partial charge >= 0.3 is 12.1 Å². The zero-order valence-corrected chi connectivity index (χ0v) is 20.3. The number of aliphatic carboxylic acids is 1. The van der Waals surface area contributed by atoms with Gasteiger partial charge in [0, 0.05) is 28.1 Å². The molecule has 180 valence electrons. The molecule has 0 aromatic heterocycles. The van der Waals surface area contributed by atoms with Crippen molar-refractivity contribution >= 4 is 52.4 Å². The first-order chi connectivity index (χ1) is 15.9. The maximum atomic E-state index is 14.5. The summed E-state index contributed by atoms with van der Waals surface area (Å²) in [6.45, 7) is 1.68. The Labute approximate surface area is 208 Å². The zero-order chi connectivity index (χ0) is 24.8. The lowest BCUT2D eigenvalue weighted by Gasteiger charge is -2.32. The largest absolute Gasteiger partial charge is 0.477 e. The lowest BCUT2D eigenvalue weighted by molar-refractivity contribution is -0.160. The fourth-order valence-corrected chi connectivity index (χ4v) is 6.04. The molecule has 10 heteroatoms. The lowest BCUT2D eigenvalue weighted by atomic mass is 9.86. The first kappa shape index (κ1) is 24.9. The lowest BCUT2D eigenvalue weighted by Crippen LogP contribution is -2.39. The number of hydrogen-bond acceptors (Lipinski definition) is 3. The van der Waals surface area contributed by atoms with Gasteiger partial charge in [-0.1, -0.05) is 47.1 Å². The van der Waals surface area contributed by atoms with Crippen molar-refractivity contribution in [1.29, 1.82) is 0 Å². The Morgan fingerprint density at radius 2 is 1.76 bits per heavy atom. The van der Waals surface area contributed by atoms with Gasteiger partial charge in [-0.05, 0) is 72.7 Å². The summed E-state index contributed by atoms with van der Waals surface area (Å²) in [7, 11) is 0. The summed E-state index contributed by atoms with van der Waals surface area (Å²) in [6, 6.07) is 8.37. The molecule has 34 heavy (non-hydrogen) atoms. The molecule has 2 aromatic rings. The number of rotatable bonds is 5. The Kier molecular flexibility index (Phi) is 6.70. The van der Waals surface area contributed by atoms with E-state index in [4.69, 9.17) is 23.2 Å². The van der Waals surface area contributed by atoms with Gasteiger partial charge in [0.25, 0.3) is 5.91 Å². The van der Waals surface area contributed by atoms with E-state index in [-0.39, 0.29) is 44.9 Å². The minimum Gasteiger partial charge on any atom is -0.477 e. The van der Waals surface area contributed by atoms with Gasteiger partial charge in [-0.2, -0.15) is 13.2 Å². The Morgan fingerprint density at radius 3 is 2.26 bits per heavy atom. The number of thioether (sulfide) groups is 1. The third kappa shape index (κ3) is 4.55. The van der Waals surface area contributed by atoms with Crippen LogP contribution in [0.3, 0.4) is 0 Å². The summed E-state index contributed by atoms with van der Waals surface area (Å²) < 4.78 is 41.0. The third-order valence-electron chi connectivity index (χ3n) is 6.22. The molecule has 1 amide bonds. The number of nitrogens with one attached hydrogen (secondary N) is 1. The molecule has 0 bridgehead atoms. The van der Waals surface area contributed by atoms with E-state index < -0.39 is 28.2 Å². The number of carboxylic acid groups (broad SMARTS) is 1. The van der Waals surface area contributed by atoms with E-state index in [0.29, 0.717) is 16.7 Å². The Hall–Kier alpha value is -2.16. The van der Waals surface area contributed by atoms with Crippen molar-refractivity contribution in [3.05, 3.63) is 73.6 Å². The van der Waals surface area contributed by atoms with E-state index in [1.807, 2.05) is 0 Å². The Morgan fingerprint density at radius 1 is 1.12 bits per heavy atom. The second-order valence-corrected chi connectivity index (χ2v) is 10.7. The van der Waals surface area contributed by atoms with Gasteiger partial charge in [0.15, 0.2) is 0 Å². The van der Waals surface area contributed by atoms with Gasteiger partial charge < -0.3 is 10.4 Å². The molecule has 1 atom stereocenters. The maximum Gasteiger partial charge on any atom is 0.407 e. The minimum absolute atomic E-state index is 0.0229. The van der Waals surface area contributed by atoms with Gasteiger partial charge in [0.1, 0.15) is 4.75 Å². The zero-order valence-electron chi connectivity index (χ0n) is 17.9. The number of halogens is 5. The summed E-state index contributed by atoms with van der Waals surface area (Å²) in [6.07, 6.45) is -2.52. The highest BCUT2D eigenvalue weighted by Gasteiger charge is 2.61. The topological polar surface area (TPSA) is 66.4 Å². The highest BCUT2D eigenvalue weighted by molar-refractivity contribution is 8.05. The predicted molar refractivity (Wildman–Crippen MR) is 127 cm³/mol. The van der Waals surface area contributed by atoms with Gasteiger partial charge in [-0.3, -0.25) is 4.79 Å². The van der Waals surface area contributed by atoms with Crippen molar-refractivity contribution in [3.63, 3.8) is 0 Å². The molecule has 1 saturated carbocycles. The molecule has 1 aliphatic heterocycles. The number of hydrogen-bond donors (Lipinski definition) is 2. The predicted octanol–water partition coefficient (Wildman–Crippen LogP) is 6.97. The monoisotopic (exact) mass is 529 g/mol. The molecule has 2 aliphatic rings. The second kappa shape index (κ2) is 9.13. The fraction of sp³-hybridized carbons (Fsp3) is 0.333.